The number of sulfonamides is 1. The average Bonchev–Trinajstić information content (AvgIpc) is 2.98. The van der Waals surface area contributed by atoms with Crippen LogP contribution >= 0.6 is 11.3 Å². The molecule has 1 N–H and O–H groups in total. The van der Waals surface area contributed by atoms with Crippen molar-refractivity contribution in [2.45, 2.75) is 45.6 Å². The fourth-order valence-corrected chi connectivity index (χ4v) is 4.98. The van der Waals surface area contributed by atoms with Gasteiger partial charge in [-0.1, -0.05) is 19.9 Å². The number of nitrogens with zero attached hydrogens (tertiary/aromatic N) is 2. The number of nitrogens with one attached hydrogen (secondary N) is 1. The van der Waals surface area contributed by atoms with Crippen LogP contribution in [0.1, 0.15) is 41.5 Å². The van der Waals surface area contributed by atoms with Gasteiger partial charge in [-0.25, -0.2) is 4.98 Å². The van der Waals surface area contributed by atoms with E-state index in [2.05, 4.69) is 9.71 Å². The van der Waals surface area contributed by atoms with Crippen LogP contribution in [-0.2, 0) is 10.0 Å². The van der Waals surface area contributed by atoms with Crippen LogP contribution in [0.3, 0.4) is 0 Å². The molecule has 0 aliphatic carbocycles. The minimum atomic E-state index is -3.73. The van der Waals surface area contributed by atoms with Crippen molar-refractivity contribution >= 4 is 32.0 Å². The highest BCUT2D eigenvalue weighted by Gasteiger charge is 2.28. The van der Waals surface area contributed by atoms with Gasteiger partial charge in [-0.05, 0) is 49.9 Å². The average molecular weight is 364 g/mol. The molecule has 128 valence electrons. The Morgan fingerprint density at radius 3 is 2.50 bits per heavy atom. The van der Waals surface area contributed by atoms with Gasteiger partial charge in [0, 0.05) is 16.8 Å². The molecule has 0 bridgehead atoms. The fraction of sp³-hybridized carbons (Fsp3) is 0.353. The standard InChI is InChI=1S/C17H21N3O2S2/c1-10(2)15-16(20-9-13(5)23-17(20)18-15)24(21,22)19-14-7-6-11(3)12(4)8-14/h6-10,19H,1-5H3. The smallest absolute Gasteiger partial charge is 0.279 e. The summed E-state index contributed by atoms with van der Waals surface area (Å²) in [5, 5.41) is 0.232. The van der Waals surface area contributed by atoms with Crippen LogP contribution < -0.4 is 4.72 Å². The summed E-state index contributed by atoms with van der Waals surface area (Å²) in [6.45, 7) is 9.81. The number of benzene rings is 1. The highest BCUT2D eigenvalue weighted by atomic mass is 32.2. The summed E-state index contributed by atoms with van der Waals surface area (Å²) in [5.74, 6) is 0.0173. The summed E-state index contributed by atoms with van der Waals surface area (Å²) in [6.07, 6.45) is 1.83. The molecule has 24 heavy (non-hydrogen) atoms. The second-order valence-electron chi connectivity index (χ2n) is 6.36. The monoisotopic (exact) mass is 363 g/mol. The Balaban J connectivity index is 2.13. The lowest BCUT2D eigenvalue weighted by Crippen LogP contribution is -2.17. The Kier molecular flexibility index (Phi) is 4.17. The van der Waals surface area contributed by atoms with Gasteiger partial charge in [-0.2, -0.15) is 8.42 Å². The molecule has 0 fully saturated rings. The van der Waals surface area contributed by atoms with E-state index in [1.807, 2.05) is 52.9 Å². The summed E-state index contributed by atoms with van der Waals surface area (Å²) in [4.78, 5) is 6.26. The van der Waals surface area contributed by atoms with Gasteiger partial charge in [0.15, 0.2) is 9.99 Å². The van der Waals surface area contributed by atoms with Gasteiger partial charge in [0.1, 0.15) is 0 Å². The summed E-state index contributed by atoms with van der Waals surface area (Å²) < 4.78 is 30.5. The summed E-state index contributed by atoms with van der Waals surface area (Å²) in [6, 6.07) is 5.54. The van der Waals surface area contributed by atoms with Crippen molar-refractivity contribution in [1.29, 1.82) is 0 Å². The lowest BCUT2D eigenvalue weighted by atomic mass is 10.1. The Morgan fingerprint density at radius 1 is 1.17 bits per heavy atom. The van der Waals surface area contributed by atoms with Crippen LogP contribution in [0, 0.1) is 20.8 Å². The van der Waals surface area contributed by atoms with E-state index in [4.69, 9.17) is 0 Å². The number of anilines is 1. The number of fused-ring (bicyclic) bond motifs is 1. The second kappa shape index (κ2) is 5.89. The van der Waals surface area contributed by atoms with Gasteiger partial charge in [-0.3, -0.25) is 9.12 Å². The first kappa shape index (κ1) is 17.0. The van der Waals surface area contributed by atoms with Crippen molar-refractivity contribution in [1.82, 2.24) is 9.38 Å². The van der Waals surface area contributed by atoms with Gasteiger partial charge in [0.05, 0.1) is 5.69 Å². The summed E-state index contributed by atoms with van der Waals surface area (Å²) >= 11 is 1.49. The molecule has 3 aromatic rings. The third-order valence-corrected chi connectivity index (χ3v) is 6.30. The molecule has 3 rings (SSSR count). The topological polar surface area (TPSA) is 63.5 Å². The molecule has 0 saturated carbocycles. The fourth-order valence-electron chi connectivity index (χ4n) is 2.60. The van der Waals surface area contributed by atoms with E-state index in [0.29, 0.717) is 16.3 Å². The molecule has 2 heterocycles. The van der Waals surface area contributed by atoms with E-state index >= 15 is 0 Å². The summed E-state index contributed by atoms with van der Waals surface area (Å²) in [5.41, 5.74) is 3.33. The molecule has 1 aromatic carbocycles. The maximum Gasteiger partial charge on any atom is 0.279 e. The first-order valence-corrected chi connectivity index (χ1v) is 10.1. The van der Waals surface area contributed by atoms with Crippen LogP contribution in [-0.4, -0.2) is 17.8 Å². The number of aromatic nitrogens is 2. The molecule has 0 saturated heterocycles. The van der Waals surface area contributed by atoms with E-state index in [9.17, 15) is 8.42 Å². The SMILES string of the molecule is Cc1cn2c(S(=O)(=O)Nc3ccc(C)c(C)c3)c(C(C)C)nc2s1. The molecule has 0 atom stereocenters. The quantitative estimate of drug-likeness (QED) is 0.754. The predicted octanol–water partition coefficient (Wildman–Crippen LogP) is 4.25. The maximum atomic E-state index is 13.0. The maximum absolute atomic E-state index is 13.0. The second-order valence-corrected chi connectivity index (χ2v) is 9.17. The van der Waals surface area contributed by atoms with E-state index in [-0.39, 0.29) is 10.9 Å². The van der Waals surface area contributed by atoms with E-state index in [0.717, 1.165) is 16.0 Å². The third-order valence-electron chi connectivity index (χ3n) is 3.98. The van der Waals surface area contributed by atoms with Crippen molar-refractivity contribution in [3.8, 4) is 0 Å². The van der Waals surface area contributed by atoms with Crippen molar-refractivity contribution in [3.05, 3.63) is 46.1 Å². The van der Waals surface area contributed by atoms with Crippen molar-refractivity contribution in [2.75, 3.05) is 4.72 Å². The molecule has 0 aliphatic rings. The molecule has 0 radical (unpaired) electrons. The van der Waals surface area contributed by atoms with Crippen LogP contribution in [0.5, 0.6) is 0 Å². The Labute approximate surface area is 146 Å². The number of hydrogen-bond donors (Lipinski definition) is 1. The molecule has 0 spiro atoms. The normalized spacial score (nSPS) is 12.2. The minimum Gasteiger partial charge on any atom is -0.279 e. The van der Waals surface area contributed by atoms with Crippen LogP contribution in [0.4, 0.5) is 5.69 Å². The zero-order valence-electron chi connectivity index (χ0n) is 14.4. The van der Waals surface area contributed by atoms with Crippen molar-refractivity contribution < 1.29 is 8.42 Å². The highest BCUT2D eigenvalue weighted by Crippen LogP contribution is 2.30. The van der Waals surface area contributed by atoms with Crippen molar-refractivity contribution in [2.24, 2.45) is 0 Å². The highest BCUT2D eigenvalue weighted by molar-refractivity contribution is 7.92. The van der Waals surface area contributed by atoms with Crippen molar-refractivity contribution in [3.63, 3.8) is 0 Å². The number of aryl methyl sites for hydroxylation is 3. The van der Waals surface area contributed by atoms with E-state index in [1.165, 1.54) is 11.3 Å². The largest absolute Gasteiger partial charge is 0.279 e. The number of rotatable bonds is 4. The number of thiazole rings is 1. The zero-order chi connectivity index (χ0) is 17.6. The lowest BCUT2D eigenvalue weighted by molar-refractivity contribution is 0.593. The predicted molar refractivity (Wildman–Crippen MR) is 98.6 cm³/mol. The Morgan fingerprint density at radius 2 is 1.88 bits per heavy atom. The molecule has 5 nitrogen and oxygen atoms in total. The van der Waals surface area contributed by atoms with Crippen LogP contribution in [0.15, 0.2) is 29.4 Å². The molecule has 0 aliphatic heterocycles. The van der Waals surface area contributed by atoms with Gasteiger partial charge >= 0.3 is 0 Å². The Bertz CT molecular complexity index is 1010. The van der Waals surface area contributed by atoms with Gasteiger partial charge in [-0.15, -0.1) is 11.3 Å². The zero-order valence-corrected chi connectivity index (χ0v) is 16.0. The van der Waals surface area contributed by atoms with Crippen LogP contribution in [0.2, 0.25) is 0 Å². The van der Waals surface area contributed by atoms with E-state index < -0.39 is 10.0 Å². The van der Waals surface area contributed by atoms with Gasteiger partial charge in [0.2, 0.25) is 0 Å². The Hall–Kier alpha value is -1.86. The minimum absolute atomic E-state index is 0.0173. The first-order valence-electron chi connectivity index (χ1n) is 7.77. The molecule has 0 unspecified atom stereocenters. The molecule has 7 heteroatoms. The van der Waals surface area contributed by atoms with Gasteiger partial charge in [0.25, 0.3) is 10.0 Å². The molecule has 2 aromatic heterocycles. The molecular formula is C17H21N3O2S2. The number of imidazole rings is 1. The lowest BCUT2D eigenvalue weighted by Gasteiger charge is -2.12. The summed E-state index contributed by atoms with van der Waals surface area (Å²) in [7, 11) is -3.73. The van der Waals surface area contributed by atoms with Crippen LogP contribution in [0.25, 0.3) is 4.96 Å². The third kappa shape index (κ3) is 2.93. The molecule has 0 amide bonds. The molecular weight excluding hydrogens is 342 g/mol. The van der Waals surface area contributed by atoms with Gasteiger partial charge < -0.3 is 0 Å². The first-order chi connectivity index (χ1) is 11.2. The van der Waals surface area contributed by atoms with E-state index in [1.54, 1.807) is 10.5 Å². The number of hydrogen-bond acceptors (Lipinski definition) is 4.